The van der Waals surface area contributed by atoms with Gasteiger partial charge in [-0.2, -0.15) is 0 Å². The molecule has 0 saturated heterocycles. The molecule has 0 saturated carbocycles. The molecule has 1 heterocycles. The van der Waals surface area contributed by atoms with E-state index in [1.54, 1.807) is 55.7 Å². The van der Waals surface area contributed by atoms with Crippen LogP contribution >= 0.6 is 0 Å². The van der Waals surface area contributed by atoms with Crippen molar-refractivity contribution in [1.82, 2.24) is 0 Å². The highest BCUT2D eigenvalue weighted by molar-refractivity contribution is 6.05. The van der Waals surface area contributed by atoms with E-state index < -0.39 is 5.97 Å². The number of rotatable bonds is 7. The van der Waals surface area contributed by atoms with E-state index in [1.165, 1.54) is 19.2 Å². The van der Waals surface area contributed by atoms with Crippen molar-refractivity contribution in [1.29, 1.82) is 0 Å². The van der Waals surface area contributed by atoms with Crippen molar-refractivity contribution in [2.45, 2.75) is 6.61 Å². The predicted molar refractivity (Wildman–Crippen MR) is 119 cm³/mol. The zero-order valence-corrected chi connectivity index (χ0v) is 17.6. The summed E-state index contributed by atoms with van der Waals surface area (Å²) in [6.07, 6.45) is 3.42. The predicted octanol–water partition coefficient (Wildman–Crippen LogP) is 5.40. The van der Waals surface area contributed by atoms with Crippen molar-refractivity contribution >= 4 is 17.8 Å². The molecule has 32 heavy (non-hydrogen) atoms. The van der Waals surface area contributed by atoms with Crippen molar-refractivity contribution in [2.75, 3.05) is 14.2 Å². The molecular formula is C26H21FO5. The van der Waals surface area contributed by atoms with Gasteiger partial charge in [0.05, 0.1) is 19.8 Å². The number of hydrogen-bond donors (Lipinski definition) is 0. The van der Waals surface area contributed by atoms with Crippen LogP contribution < -0.4 is 14.2 Å². The van der Waals surface area contributed by atoms with Crippen LogP contribution in [0.25, 0.3) is 11.8 Å². The summed E-state index contributed by atoms with van der Waals surface area (Å²) in [7, 11) is 3.13. The Balaban J connectivity index is 1.52. The van der Waals surface area contributed by atoms with E-state index in [9.17, 15) is 9.18 Å². The minimum atomic E-state index is -0.429. The summed E-state index contributed by atoms with van der Waals surface area (Å²) in [5.74, 6) is 1.47. The van der Waals surface area contributed by atoms with E-state index >= 15 is 0 Å². The zero-order chi connectivity index (χ0) is 22.5. The summed E-state index contributed by atoms with van der Waals surface area (Å²) < 4.78 is 35.1. The third-order valence-electron chi connectivity index (χ3n) is 4.89. The molecule has 0 fully saturated rings. The lowest BCUT2D eigenvalue weighted by Gasteiger charge is -2.11. The van der Waals surface area contributed by atoms with Crippen LogP contribution in [-0.4, -0.2) is 20.2 Å². The van der Waals surface area contributed by atoms with E-state index in [0.717, 1.165) is 16.9 Å². The van der Waals surface area contributed by atoms with Crippen molar-refractivity contribution in [2.24, 2.45) is 0 Å². The number of carbonyl (C=O) groups excluding carboxylic acids is 1. The second-order valence-electron chi connectivity index (χ2n) is 7.06. The lowest BCUT2D eigenvalue weighted by Crippen LogP contribution is -1.99. The molecule has 4 rings (SSSR count). The normalized spacial score (nSPS) is 14.2. The van der Waals surface area contributed by atoms with Crippen LogP contribution in [0.2, 0.25) is 0 Å². The van der Waals surface area contributed by atoms with E-state index in [4.69, 9.17) is 18.9 Å². The Morgan fingerprint density at radius 1 is 0.938 bits per heavy atom. The van der Waals surface area contributed by atoms with Gasteiger partial charge in [-0.25, -0.2) is 9.18 Å². The number of carbonyl (C=O) groups is 1. The fourth-order valence-electron chi connectivity index (χ4n) is 3.25. The third kappa shape index (κ3) is 4.81. The van der Waals surface area contributed by atoms with Gasteiger partial charge in [-0.05, 0) is 71.8 Å². The van der Waals surface area contributed by atoms with Gasteiger partial charge in [0.1, 0.15) is 23.9 Å². The van der Waals surface area contributed by atoms with Gasteiger partial charge in [0, 0.05) is 5.56 Å². The maximum Gasteiger partial charge on any atom is 0.343 e. The minimum Gasteiger partial charge on any atom is -0.497 e. The Kier molecular flexibility index (Phi) is 6.22. The number of esters is 1. The molecular weight excluding hydrogens is 411 g/mol. The molecule has 5 nitrogen and oxygen atoms in total. The summed E-state index contributed by atoms with van der Waals surface area (Å²) in [6.45, 7) is 0.203. The highest BCUT2D eigenvalue weighted by atomic mass is 19.1. The Labute approximate surface area is 185 Å². The Morgan fingerprint density at radius 2 is 1.75 bits per heavy atom. The summed E-state index contributed by atoms with van der Waals surface area (Å²) >= 11 is 0. The van der Waals surface area contributed by atoms with E-state index in [1.807, 2.05) is 18.2 Å². The molecule has 0 spiro atoms. The van der Waals surface area contributed by atoms with Crippen LogP contribution in [0.5, 0.6) is 17.2 Å². The molecule has 1 aliphatic heterocycles. The first-order valence-electron chi connectivity index (χ1n) is 9.91. The smallest absolute Gasteiger partial charge is 0.343 e. The molecule has 0 aromatic heterocycles. The summed E-state index contributed by atoms with van der Waals surface area (Å²) in [4.78, 5) is 12.3. The monoisotopic (exact) mass is 432 g/mol. The molecule has 0 bridgehead atoms. The highest BCUT2D eigenvalue weighted by Gasteiger charge is 2.22. The number of benzene rings is 3. The van der Waals surface area contributed by atoms with Crippen molar-refractivity contribution < 1.29 is 28.1 Å². The van der Waals surface area contributed by atoms with Crippen LogP contribution in [0.1, 0.15) is 16.7 Å². The molecule has 0 amide bonds. The fraction of sp³-hybridized carbons (Fsp3) is 0.115. The highest BCUT2D eigenvalue weighted by Crippen LogP contribution is 2.32. The average Bonchev–Trinajstić information content (AvgIpc) is 3.18. The fourth-order valence-corrected chi connectivity index (χ4v) is 3.25. The van der Waals surface area contributed by atoms with E-state index in [2.05, 4.69) is 0 Å². The Morgan fingerprint density at radius 3 is 2.47 bits per heavy atom. The van der Waals surface area contributed by atoms with Crippen LogP contribution in [0.15, 0.2) is 78.4 Å². The van der Waals surface area contributed by atoms with Crippen molar-refractivity contribution in [3.63, 3.8) is 0 Å². The molecule has 0 radical (unpaired) electrons. The number of methoxy groups -OCH3 is 2. The quantitative estimate of drug-likeness (QED) is 0.369. The average molecular weight is 432 g/mol. The Hall–Kier alpha value is -4.06. The summed E-state index contributed by atoms with van der Waals surface area (Å²) in [6, 6.07) is 18.8. The second-order valence-corrected chi connectivity index (χ2v) is 7.06. The summed E-state index contributed by atoms with van der Waals surface area (Å²) in [5.41, 5.74) is 2.66. The molecule has 162 valence electrons. The van der Waals surface area contributed by atoms with Crippen LogP contribution in [0.3, 0.4) is 0 Å². The zero-order valence-electron chi connectivity index (χ0n) is 17.6. The first kappa shape index (κ1) is 21.2. The van der Waals surface area contributed by atoms with Crippen LogP contribution in [0.4, 0.5) is 4.39 Å². The van der Waals surface area contributed by atoms with Gasteiger partial charge in [-0.15, -0.1) is 0 Å². The summed E-state index contributed by atoms with van der Waals surface area (Å²) in [5, 5.41) is 0. The van der Waals surface area contributed by atoms with Gasteiger partial charge in [0.25, 0.3) is 0 Å². The van der Waals surface area contributed by atoms with Gasteiger partial charge in [0.15, 0.2) is 11.5 Å². The molecule has 0 atom stereocenters. The van der Waals surface area contributed by atoms with Crippen molar-refractivity contribution in [3.8, 4) is 17.2 Å². The lowest BCUT2D eigenvalue weighted by molar-refractivity contribution is -0.130. The number of ether oxygens (including phenoxy) is 4. The van der Waals surface area contributed by atoms with Gasteiger partial charge < -0.3 is 18.9 Å². The molecule has 6 heteroatoms. The molecule has 1 aliphatic rings. The number of halogens is 1. The SMILES string of the molecule is COc1ccc(C2=C/C(=C\c3ccc(OCc4cccc(F)c4)c(OC)c3)C(=O)O2)cc1. The topological polar surface area (TPSA) is 54.0 Å². The molecule has 3 aromatic rings. The molecule has 0 N–H and O–H groups in total. The molecule has 0 aliphatic carbocycles. The van der Waals surface area contributed by atoms with Crippen molar-refractivity contribution in [3.05, 3.63) is 101 Å². The number of cyclic esters (lactones) is 1. The lowest BCUT2D eigenvalue weighted by atomic mass is 10.1. The first-order valence-corrected chi connectivity index (χ1v) is 9.91. The van der Waals surface area contributed by atoms with E-state index in [-0.39, 0.29) is 12.4 Å². The first-order chi connectivity index (χ1) is 15.6. The third-order valence-corrected chi connectivity index (χ3v) is 4.89. The maximum absolute atomic E-state index is 13.4. The second kappa shape index (κ2) is 9.39. The van der Waals surface area contributed by atoms with Gasteiger partial charge in [0.2, 0.25) is 0 Å². The van der Waals surface area contributed by atoms with Crippen LogP contribution in [-0.2, 0) is 16.1 Å². The van der Waals surface area contributed by atoms with Gasteiger partial charge >= 0.3 is 5.97 Å². The largest absolute Gasteiger partial charge is 0.497 e. The van der Waals surface area contributed by atoms with E-state index in [0.29, 0.717) is 28.4 Å². The minimum absolute atomic E-state index is 0.203. The van der Waals surface area contributed by atoms with Gasteiger partial charge in [-0.1, -0.05) is 18.2 Å². The molecule has 3 aromatic carbocycles. The molecule has 0 unspecified atom stereocenters. The van der Waals surface area contributed by atoms with Crippen LogP contribution in [0, 0.1) is 5.82 Å². The van der Waals surface area contributed by atoms with Gasteiger partial charge in [-0.3, -0.25) is 0 Å². The maximum atomic E-state index is 13.4. The Bertz CT molecular complexity index is 1200. The number of hydrogen-bond acceptors (Lipinski definition) is 5. The standard InChI is InChI=1S/C26H21FO5/c1-29-22-9-7-19(8-10-22)24-15-20(26(28)32-24)12-17-6-11-23(25(14-17)30-2)31-16-18-4-3-5-21(27)13-18/h3-15H,16H2,1-2H3/b20-12+.